The van der Waals surface area contributed by atoms with Gasteiger partial charge in [-0.05, 0) is 76.9 Å². The topological polar surface area (TPSA) is 6.48 Å². The maximum absolute atomic E-state index is 2.96. The number of rotatable bonds is 2. The lowest BCUT2D eigenvalue weighted by Gasteiger charge is -2.57. The maximum atomic E-state index is 2.96. The smallest absolute Gasteiger partial charge is 0.0368 e. The number of hydrogen-bond acceptors (Lipinski definition) is 2. The molecule has 2 heteroatoms. The van der Waals surface area contributed by atoms with Crippen LogP contribution in [0.3, 0.4) is 0 Å². The zero-order valence-corrected chi connectivity index (χ0v) is 11.2. The first kappa shape index (κ1) is 10.8. The van der Waals surface area contributed by atoms with Gasteiger partial charge in [0.15, 0.2) is 0 Å². The Hall–Kier alpha value is -0.0800. The van der Waals surface area contributed by atoms with Crippen molar-refractivity contribution >= 4 is 0 Å². The van der Waals surface area contributed by atoms with Crippen molar-refractivity contribution in [1.82, 2.24) is 9.80 Å². The Morgan fingerprint density at radius 3 is 2.41 bits per heavy atom. The second-order valence-corrected chi connectivity index (χ2v) is 7.03. The number of likely N-dealkylation sites (tertiary alicyclic amines) is 1. The SMILES string of the molecule is CC(C1CC1)N1CCCC12CN1CCC2CC1. The summed E-state index contributed by atoms with van der Waals surface area (Å²) in [4.78, 5) is 5.71. The van der Waals surface area contributed by atoms with Crippen molar-refractivity contribution in [2.45, 2.75) is 57.0 Å². The maximum Gasteiger partial charge on any atom is 0.0368 e. The molecule has 2 unspecified atom stereocenters. The Labute approximate surface area is 105 Å². The highest BCUT2D eigenvalue weighted by molar-refractivity contribution is 5.10. The summed E-state index contributed by atoms with van der Waals surface area (Å²) in [5.41, 5.74) is 0.610. The van der Waals surface area contributed by atoms with E-state index in [1.165, 1.54) is 64.7 Å². The van der Waals surface area contributed by atoms with Crippen molar-refractivity contribution in [1.29, 1.82) is 0 Å². The van der Waals surface area contributed by atoms with Crippen LogP contribution in [0, 0.1) is 11.8 Å². The predicted octanol–water partition coefficient (Wildman–Crippen LogP) is 2.35. The number of hydrogen-bond donors (Lipinski definition) is 0. The molecule has 2 atom stereocenters. The third-order valence-corrected chi connectivity index (χ3v) is 6.22. The Morgan fingerprint density at radius 2 is 1.82 bits per heavy atom. The molecule has 0 amide bonds. The van der Waals surface area contributed by atoms with E-state index < -0.39 is 0 Å². The monoisotopic (exact) mass is 234 g/mol. The van der Waals surface area contributed by atoms with E-state index in [0.29, 0.717) is 5.54 Å². The zero-order chi connectivity index (χ0) is 11.5. The minimum atomic E-state index is 0.610. The molecule has 4 heterocycles. The summed E-state index contributed by atoms with van der Waals surface area (Å²) in [6, 6.07) is 0.873. The number of fused-ring (bicyclic) bond motifs is 2. The van der Waals surface area contributed by atoms with Crippen LogP contribution in [0.2, 0.25) is 0 Å². The van der Waals surface area contributed by atoms with Crippen molar-refractivity contribution in [2.75, 3.05) is 26.2 Å². The Kier molecular flexibility index (Phi) is 2.36. The first-order valence-corrected chi connectivity index (χ1v) is 7.79. The Balaban J connectivity index is 1.62. The molecule has 0 radical (unpaired) electrons. The fourth-order valence-electron chi connectivity index (χ4n) is 5.12. The van der Waals surface area contributed by atoms with Gasteiger partial charge in [0.25, 0.3) is 0 Å². The van der Waals surface area contributed by atoms with Crippen molar-refractivity contribution in [3.8, 4) is 0 Å². The van der Waals surface area contributed by atoms with E-state index in [1.807, 2.05) is 0 Å². The molecule has 1 saturated carbocycles. The molecule has 0 aromatic rings. The van der Waals surface area contributed by atoms with Gasteiger partial charge < -0.3 is 4.90 Å². The minimum absolute atomic E-state index is 0.610. The Bertz CT molecular complexity index is 304. The van der Waals surface area contributed by atoms with Gasteiger partial charge >= 0.3 is 0 Å². The van der Waals surface area contributed by atoms with Gasteiger partial charge in [-0.3, -0.25) is 4.90 Å². The summed E-state index contributed by atoms with van der Waals surface area (Å²) >= 11 is 0. The standard InChI is InChI=1S/C15H26N2/c1-12(13-3-4-13)17-8-2-7-15(17)11-16-9-5-14(15)6-10-16/h12-14H,2-11H2,1H3. The highest BCUT2D eigenvalue weighted by Gasteiger charge is 2.54. The summed E-state index contributed by atoms with van der Waals surface area (Å²) < 4.78 is 0. The van der Waals surface area contributed by atoms with E-state index in [9.17, 15) is 0 Å². The van der Waals surface area contributed by atoms with Gasteiger partial charge in [0.1, 0.15) is 0 Å². The second-order valence-electron chi connectivity index (χ2n) is 7.03. The lowest BCUT2D eigenvalue weighted by molar-refractivity contribution is -0.0681. The fraction of sp³-hybridized carbons (Fsp3) is 1.00. The summed E-state index contributed by atoms with van der Waals surface area (Å²) in [7, 11) is 0. The van der Waals surface area contributed by atoms with Crippen molar-refractivity contribution in [3.05, 3.63) is 0 Å². The zero-order valence-electron chi connectivity index (χ0n) is 11.2. The molecule has 1 spiro atoms. The summed E-state index contributed by atoms with van der Waals surface area (Å²) in [5.74, 6) is 2.07. The van der Waals surface area contributed by atoms with Crippen molar-refractivity contribution in [3.63, 3.8) is 0 Å². The normalized spacial score (nSPS) is 47.8. The average Bonchev–Trinajstić information content (AvgIpc) is 3.14. The molecule has 2 nitrogen and oxygen atoms in total. The highest BCUT2D eigenvalue weighted by Crippen LogP contribution is 2.49. The van der Waals surface area contributed by atoms with Crippen LogP contribution in [-0.4, -0.2) is 47.6 Å². The number of nitrogens with zero attached hydrogens (tertiary/aromatic N) is 2. The first-order valence-electron chi connectivity index (χ1n) is 7.79. The van der Waals surface area contributed by atoms with Crippen molar-refractivity contribution < 1.29 is 0 Å². The second kappa shape index (κ2) is 3.71. The Morgan fingerprint density at radius 1 is 1.06 bits per heavy atom. The molecule has 0 aromatic heterocycles. The van der Waals surface area contributed by atoms with Gasteiger partial charge in [0.05, 0.1) is 0 Å². The van der Waals surface area contributed by atoms with E-state index in [-0.39, 0.29) is 0 Å². The van der Waals surface area contributed by atoms with Crippen molar-refractivity contribution in [2.24, 2.45) is 11.8 Å². The third-order valence-electron chi connectivity index (χ3n) is 6.22. The minimum Gasteiger partial charge on any atom is -0.301 e. The van der Waals surface area contributed by atoms with E-state index in [2.05, 4.69) is 16.7 Å². The molecule has 4 saturated heterocycles. The van der Waals surface area contributed by atoms with Crippen LogP contribution in [0.5, 0.6) is 0 Å². The van der Waals surface area contributed by atoms with Gasteiger partial charge in [-0.2, -0.15) is 0 Å². The molecule has 4 aliphatic heterocycles. The quantitative estimate of drug-likeness (QED) is 0.723. The van der Waals surface area contributed by atoms with Crippen LogP contribution in [0.25, 0.3) is 0 Å². The summed E-state index contributed by atoms with van der Waals surface area (Å²) in [5, 5.41) is 0. The van der Waals surface area contributed by atoms with Crippen LogP contribution in [0.4, 0.5) is 0 Å². The van der Waals surface area contributed by atoms with E-state index in [4.69, 9.17) is 0 Å². The number of piperidine rings is 3. The molecule has 5 fully saturated rings. The van der Waals surface area contributed by atoms with Gasteiger partial charge in [0.2, 0.25) is 0 Å². The molecular weight excluding hydrogens is 208 g/mol. The fourth-order valence-corrected chi connectivity index (χ4v) is 5.12. The lowest BCUT2D eigenvalue weighted by Crippen LogP contribution is -2.66. The van der Waals surface area contributed by atoms with Crippen LogP contribution in [-0.2, 0) is 0 Å². The first-order chi connectivity index (χ1) is 8.29. The molecule has 1 aliphatic carbocycles. The molecule has 0 aromatic carbocycles. The lowest BCUT2D eigenvalue weighted by atomic mass is 9.71. The van der Waals surface area contributed by atoms with Crippen LogP contribution in [0.15, 0.2) is 0 Å². The van der Waals surface area contributed by atoms with Gasteiger partial charge in [-0.15, -0.1) is 0 Å². The van der Waals surface area contributed by atoms with Crippen LogP contribution < -0.4 is 0 Å². The molecule has 5 aliphatic rings. The van der Waals surface area contributed by atoms with Gasteiger partial charge in [-0.1, -0.05) is 0 Å². The average molecular weight is 234 g/mol. The van der Waals surface area contributed by atoms with Gasteiger partial charge in [0, 0.05) is 18.1 Å². The molecular formula is C15H26N2. The molecule has 0 N–H and O–H groups in total. The summed E-state index contributed by atoms with van der Waals surface area (Å²) in [6.07, 6.45) is 8.92. The molecule has 5 rings (SSSR count). The molecule has 96 valence electrons. The largest absolute Gasteiger partial charge is 0.301 e. The third kappa shape index (κ3) is 1.53. The van der Waals surface area contributed by atoms with Crippen LogP contribution in [0.1, 0.15) is 45.4 Å². The molecule has 17 heavy (non-hydrogen) atoms. The van der Waals surface area contributed by atoms with Crippen LogP contribution >= 0.6 is 0 Å². The van der Waals surface area contributed by atoms with E-state index in [0.717, 1.165) is 17.9 Å². The molecule has 2 bridgehead atoms. The summed E-state index contributed by atoms with van der Waals surface area (Å²) in [6.45, 7) is 8.08. The van der Waals surface area contributed by atoms with Gasteiger partial charge in [-0.25, -0.2) is 0 Å². The van der Waals surface area contributed by atoms with E-state index >= 15 is 0 Å². The van der Waals surface area contributed by atoms with E-state index in [1.54, 1.807) is 0 Å². The predicted molar refractivity (Wildman–Crippen MR) is 70.0 cm³/mol. The highest BCUT2D eigenvalue weighted by atomic mass is 15.3.